The smallest absolute Gasteiger partial charge is 0.255 e. The van der Waals surface area contributed by atoms with Crippen molar-refractivity contribution in [3.05, 3.63) is 29.8 Å². The topological polar surface area (TPSA) is 76.4 Å². The zero-order valence-corrected chi connectivity index (χ0v) is 10.1. The van der Waals surface area contributed by atoms with Crippen molar-refractivity contribution >= 4 is 12.2 Å². The van der Waals surface area contributed by atoms with Crippen molar-refractivity contribution < 1.29 is 9.90 Å². The lowest BCUT2D eigenvalue weighted by Gasteiger charge is -2.30. The van der Waals surface area contributed by atoms with Gasteiger partial charge < -0.3 is 15.3 Å². The zero-order valence-electron chi connectivity index (χ0n) is 10.1. The Kier molecular flexibility index (Phi) is 3.82. The monoisotopic (exact) mass is 247 g/mol. The molecule has 1 aromatic rings. The summed E-state index contributed by atoms with van der Waals surface area (Å²) in [6.45, 7) is 1.57. The van der Waals surface area contributed by atoms with Gasteiger partial charge in [0.05, 0.1) is 11.9 Å². The Morgan fingerprint density at radius 1 is 1.39 bits per heavy atom. The fourth-order valence-corrected chi connectivity index (χ4v) is 2.10. The average molecular weight is 247 g/mol. The van der Waals surface area contributed by atoms with Gasteiger partial charge in [-0.3, -0.25) is 10.2 Å². The van der Waals surface area contributed by atoms with E-state index >= 15 is 0 Å². The van der Waals surface area contributed by atoms with Gasteiger partial charge in [-0.15, -0.1) is 0 Å². The van der Waals surface area contributed by atoms with Crippen LogP contribution in [0.4, 0.5) is 0 Å². The van der Waals surface area contributed by atoms with Crippen molar-refractivity contribution in [2.24, 2.45) is 0 Å². The first-order valence-corrected chi connectivity index (χ1v) is 6.04. The molecular formula is C13H17N3O2. The molecule has 1 amide bonds. The number of hydrogen-bond donors (Lipinski definition) is 3. The molecule has 5 nitrogen and oxygen atoms in total. The number of benzene rings is 1. The quantitative estimate of drug-likeness (QED) is 0.554. The SMILES string of the molecule is N=CN1CCC(NC(=O)c2ccccc2O)CC1. The molecule has 2 rings (SSSR count). The van der Waals surface area contributed by atoms with E-state index in [1.165, 1.54) is 12.4 Å². The Morgan fingerprint density at radius 3 is 2.67 bits per heavy atom. The molecule has 1 aliphatic heterocycles. The molecule has 1 aromatic carbocycles. The molecular weight excluding hydrogens is 230 g/mol. The molecule has 0 bridgehead atoms. The summed E-state index contributed by atoms with van der Waals surface area (Å²) >= 11 is 0. The van der Waals surface area contributed by atoms with Gasteiger partial charge in [0, 0.05) is 19.1 Å². The fraction of sp³-hybridized carbons (Fsp3) is 0.385. The van der Waals surface area contributed by atoms with Gasteiger partial charge in [-0.2, -0.15) is 0 Å². The number of phenolic OH excluding ortho intramolecular Hbond substituents is 1. The minimum atomic E-state index is -0.235. The van der Waals surface area contributed by atoms with Crippen LogP contribution in [-0.4, -0.2) is 41.4 Å². The molecule has 3 N–H and O–H groups in total. The third-order valence-electron chi connectivity index (χ3n) is 3.20. The Bertz CT molecular complexity index is 440. The van der Waals surface area contributed by atoms with Gasteiger partial charge in [0.15, 0.2) is 0 Å². The van der Waals surface area contributed by atoms with E-state index in [9.17, 15) is 9.90 Å². The second kappa shape index (κ2) is 5.53. The maximum absolute atomic E-state index is 12.0. The number of carbonyl (C=O) groups is 1. The van der Waals surface area contributed by atoms with Gasteiger partial charge in [0.25, 0.3) is 5.91 Å². The molecule has 1 aliphatic rings. The minimum absolute atomic E-state index is 0.00641. The first kappa shape index (κ1) is 12.4. The van der Waals surface area contributed by atoms with Crippen LogP contribution >= 0.6 is 0 Å². The second-order valence-electron chi connectivity index (χ2n) is 4.43. The Hall–Kier alpha value is -2.04. The molecule has 96 valence electrons. The summed E-state index contributed by atoms with van der Waals surface area (Å²) in [6, 6.07) is 6.65. The van der Waals surface area contributed by atoms with Crippen molar-refractivity contribution in [2.45, 2.75) is 18.9 Å². The number of hydrogen-bond acceptors (Lipinski definition) is 3. The maximum atomic E-state index is 12.0. The molecule has 1 saturated heterocycles. The number of phenols is 1. The lowest BCUT2D eigenvalue weighted by atomic mass is 10.0. The molecule has 5 heteroatoms. The summed E-state index contributed by atoms with van der Waals surface area (Å²) in [5.41, 5.74) is 0.312. The van der Waals surface area contributed by atoms with Crippen molar-refractivity contribution in [3.63, 3.8) is 0 Å². The molecule has 0 spiro atoms. The summed E-state index contributed by atoms with van der Waals surface area (Å²) in [6.07, 6.45) is 2.99. The van der Waals surface area contributed by atoms with Crippen molar-refractivity contribution in [1.29, 1.82) is 5.41 Å². The average Bonchev–Trinajstić information content (AvgIpc) is 2.40. The number of para-hydroxylation sites is 1. The molecule has 0 aromatic heterocycles. The number of amides is 1. The molecule has 18 heavy (non-hydrogen) atoms. The molecule has 0 radical (unpaired) electrons. The first-order valence-electron chi connectivity index (χ1n) is 6.04. The second-order valence-corrected chi connectivity index (χ2v) is 4.43. The normalized spacial score (nSPS) is 16.3. The lowest BCUT2D eigenvalue weighted by Crippen LogP contribution is -2.44. The van der Waals surface area contributed by atoms with Crippen LogP contribution in [0.5, 0.6) is 5.75 Å². The van der Waals surface area contributed by atoms with E-state index in [1.807, 2.05) is 4.90 Å². The van der Waals surface area contributed by atoms with Crippen LogP contribution in [0.1, 0.15) is 23.2 Å². The summed E-state index contributed by atoms with van der Waals surface area (Å²) in [5, 5.41) is 19.7. The first-order chi connectivity index (χ1) is 8.70. The molecule has 0 unspecified atom stereocenters. The Labute approximate surface area is 106 Å². The highest BCUT2D eigenvalue weighted by atomic mass is 16.3. The van der Waals surface area contributed by atoms with E-state index in [2.05, 4.69) is 5.32 Å². The summed E-state index contributed by atoms with van der Waals surface area (Å²) in [5.74, 6) is -0.228. The van der Waals surface area contributed by atoms with Gasteiger partial charge in [0.2, 0.25) is 0 Å². The van der Waals surface area contributed by atoms with Crippen LogP contribution in [0.2, 0.25) is 0 Å². The molecule has 0 atom stereocenters. The molecule has 1 heterocycles. The highest BCUT2D eigenvalue weighted by Crippen LogP contribution is 2.16. The van der Waals surface area contributed by atoms with E-state index in [0.717, 1.165) is 25.9 Å². The summed E-state index contributed by atoms with van der Waals surface area (Å²) < 4.78 is 0. The summed E-state index contributed by atoms with van der Waals surface area (Å²) in [7, 11) is 0. The van der Waals surface area contributed by atoms with E-state index in [0.29, 0.717) is 5.56 Å². The Morgan fingerprint density at radius 2 is 2.06 bits per heavy atom. The number of carbonyl (C=O) groups excluding carboxylic acids is 1. The van der Waals surface area contributed by atoms with E-state index < -0.39 is 0 Å². The van der Waals surface area contributed by atoms with Gasteiger partial charge in [-0.05, 0) is 25.0 Å². The number of nitrogens with one attached hydrogen (secondary N) is 2. The zero-order chi connectivity index (χ0) is 13.0. The fourth-order valence-electron chi connectivity index (χ4n) is 2.10. The van der Waals surface area contributed by atoms with Crippen LogP contribution in [0.15, 0.2) is 24.3 Å². The number of nitrogens with zero attached hydrogens (tertiary/aromatic N) is 1. The van der Waals surface area contributed by atoms with Gasteiger partial charge in [-0.1, -0.05) is 12.1 Å². The largest absolute Gasteiger partial charge is 0.507 e. The predicted octanol–water partition coefficient (Wildman–Crippen LogP) is 1.19. The number of rotatable bonds is 3. The highest BCUT2D eigenvalue weighted by molar-refractivity contribution is 5.96. The predicted molar refractivity (Wildman–Crippen MR) is 69.0 cm³/mol. The Balaban J connectivity index is 1.93. The van der Waals surface area contributed by atoms with Gasteiger partial charge in [-0.25, -0.2) is 0 Å². The highest BCUT2D eigenvalue weighted by Gasteiger charge is 2.20. The minimum Gasteiger partial charge on any atom is -0.507 e. The van der Waals surface area contributed by atoms with E-state index in [-0.39, 0.29) is 17.7 Å². The number of aromatic hydroxyl groups is 1. The van der Waals surface area contributed by atoms with Crippen molar-refractivity contribution in [3.8, 4) is 5.75 Å². The molecule has 0 aliphatic carbocycles. The third-order valence-corrected chi connectivity index (χ3v) is 3.20. The van der Waals surface area contributed by atoms with E-state index in [1.54, 1.807) is 18.2 Å². The van der Waals surface area contributed by atoms with Crippen molar-refractivity contribution in [2.75, 3.05) is 13.1 Å². The van der Waals surface area contributed by atoms with Crippen LogP contribution in [-0.2, 0) is 0 Å². The van der Waals surface area contributed by atoms with E-state index in [4.69, 9.17) is 5.41 Å². The van der Waals surface area contributed by atoms with Gasteiger partial charge >= 0.3 is 0 Å². The van der Waals surface area contributed by atoms with Crippen LogP contribution in [0, 0.1) is 5.41 Å². The van der Waals surface area contributed by atoms with Crippen LogP contribution in [0.25, 0.3) is 0 Å². The lowest BCUT2D eigenvalue weighted by molar-refractivity contribution is 0.0920. The van der Waals surface area contributed by atoms with Crippen molar-refractivity contribution in [1.82, 2.24) is 10.2 Å². The molecule has 0 saturated carbocycles. The van der Waals surface area contributed by atoms with Crippen LogP contribution < -0.4 is 5.32 Å². The number of piperidine rings is 1. The number of likely N-dealkylation sites (tertiary alicyclic amines) is 1. The third kappa shape index (κ3) is 2.80. The molecule has 1 fully saturated rings. The standard InChI is InChI=1S/C13H17N3O2/c14-9-16-7-5-10(6-8-16)15-13(18)11-3-1-2-4-12(11)17/h1-4,9-10,14,17H,5-8H2,(H,15,18). The van der Waals surface area contributed by atoms with Gasteiger partial charge in [0.1, 0.15) is 5.75 Å². The van der Waals surface area contributed by atoms with Crippen LogP contribution in [0.3, 0.4) is 0 Å². The maximum Gasteiger partial charge on any atom is 0.255 e. The summed E-state index contributed by atoms with van der Waals surface area (Å²) in [4.78, 5) is 13.9.